The normalized spacial score (nSPS) is 36.2. The van der Waals surface area contributed by atoms with E-state index in [1.165, 1.54) is 19.1 Å². The Balaban J connectivity index is 1.46. The van der Waals surface area contributed by atoms with E-state index in [2.05, 4.69) is 5.32 Å². The fourth-order valence-electron chi connectivity index (χ4n) is 10.1. The van der Waals surface area contributed by atoms with Gasteiger partial charge in [0, 0.05) is 31.1 Å². The predicted octanol–water partition coefficient (Wildman–Crippen LogP) is 3.20. The van der Waals surface area contributed by atoms with Crippen molar-refractivity contribution in [2.24, 2.45) is 28.6 Å². The van der Waals surface area contributed by atoms with Gasteiger partial charge in [-0.2, -0.15) is 0 Å². The van der Waals surface area contributed by atoms with Crippen molar-refractivity contribution in [3.63, 3.8) is 0 Å². The lowest BCUT2D eigenvalue weighted by Crippen LogP contribution is -2.83. The summed E-state index contributed by atoms with van der Waals surface area (Å²) in [5, 5.41) is 51.7. The van der Waals surface area contributed by atoms with Gasteiger partial charge in [-0.05, 0) is 51.3 Å². The lowest BCUT2D eigenvalue weighted by molar-refractivity contribution is -0.355. The summed E-state index contributed by atoms with van der Waals surface area (Å²) in [4.78, 5) is 69.0. The zero-order chi connectivity index (χ0) is 42.7. The van der Waals surface area contributed by atoms with E-state index >= 15 is 0 Å². The molecule has 15 heteroatoms. The molecule has 13 atom stereocenters. The summed E-state index contributed by atoms with van der Waals surface area (Å²) < 4.78 is 29.6. The van der Waals surface area contributed by atoms with Crippen LogP contribution >= 0.6 is 0 Å². The number of alkyl carbamates (subject to hydrolysis) is 1. The highest BCUT2D eigenvalue weighted by Gasteiger charge is 2.79. The average molecular weight is 810 g/mol. The number of aliphatic hydroxyl groups is 4. The predicted molar refractivity (Wildman–Crippen MR) is 204 cm³/mol. The first-order valence-electron chi connectivity index (χ1n) is 19.6. The minimum absolute atomic E-state index is 0.0922. The van der Waals surface area contributed by atoms with E-state index in [1.807, 2.05) is 0 Å². The van der Waals surface area contributed by atoms with Gasteiger partial charge in [-0.3, -0.25) is 9.59 Å². The van der Waals surface area contributed by atoms with Crippen molar-refractivity contribution in [2.75, 3.05) is 6.61 Å². The number of benzene rings is 2. The third-order valence-electron chi connectivity index (χ3n) is 13.1. The fraction of sp³-hybridized carbons (Fsp3) is 0.605. The quantitative estimate of drug-likeness (QED) is 0.191. The average Bonchev–Trinajstić information content (AvgIpc) is 3.14. The van der Waals surface area contributed by atoms with Gasteiger partial charge in [-0.25, -0.2) is 14.4 Å². The summed E-state index contributed by atoms with van der Waals surface area (Å²) in [7, 11) is 0. The summed E-state index contributed by atoms with van der Waals surface area (Å²) in [5.41, 5.74) is -7.97. The Morgan fingerprint density at radius 1 is 0.948 bits per heavy atom. The largest absolute Gasteiger partial charge is 0.460 e. The maximum Gasteiger partial charge on any atom is 0.408 e. The molecule has 2 aromatic rings. The first-order chi connectivity index (χ1) is 27.0. The monoisotopic (exact) mass is 809 g/mol. The molecular formula is C43H55NO14. The Kier molecular flexibility index (Phi) is 11.4. The van der Waals surface area contributed by atoms with Crippen LogP contribution in [0.2, 0.25) is 0 Å². The SMILES string of the molecule is CC(=O)O[C@@]12CO[C@@H]1C[C@H](O)[C@@]1(C)C(=O)[C@H](O)C3C(C)[C@@H](OC(=O)[C@H](O)[C@@H](NC(=O)OC(C)(C)C)c4ccccc4)C[C@@](O)([C@@H](OC(=O)c4ccccc4)[C@H]21)C3(C)C. The van der Waals surface area contributed by atoms with Crippen molar-refractivity contribution < 1.29 is 68.1 Å². The van der Waals surface area contributed by atoms with E-state index in [0.29, 0.717) is 5.56 Å². The lowest BCUT2D eigenvalue weighted by atomic mass is 9.42. The number of fused-ring (bicyclic) bond motifs is 5. The number of hydrogen-bond donors (Lipinski definition) is 5. The maximum absolute atomic E-state index is 15.0. The highest BCUT2D eigenvalue weighted by molar-refractivity contribution is 5.92. The van der Waals surface area contributed by atoms with Gasteiger partial charge in [-0.1, -0.05) is 69.3 Å². The van der Waals surface area contributed by atoms with Crippen LogP contribution in [0.4, 0.5) is 4.79 Å². The molecule has 3 aliphatic carbocycles. The Hall–Kier alpha value is -4.41. The molecule has 15 nitrogen and oxygen atoms in total. The van der Waals surface area contributed by atoms with Crippen molar-refractivity contribution >= 4 is 29.8 Å². The third-order valence-corrected chi connectivity index (χ3v) is 13.1. The minimum Gasteiger partial charge on any atom is -0.460 e. The maximum atomic E-state index is 15.0. The first kappa shape index (κ1) is 43.2. The molecule has 4 fully saturated rings. The molecule has 316 valence electrons. The first-order valence-corrected chi connectivity index (χ1v) is 19.6. The Bertz CT molecular complexity index is 1900. The molecule has 2 unspecified atom stereocenters. The second kappa shape index (κ2) is 15.3. The van der Waals surface area contributed by atoms with E-state index in [4.69, 9.17) is 23.7 Å². The molecule has 1 amide bonds. The minimum atomic E-state index is -2.30. The van der Waals surface area contributed by atoms with Crippen LogP contribution in [0.15, 0.2) is 60.7 Å². The Labute approximate surface area is 337 Å². The van der Waals surface area contributed by atoms with Gasteiger partial charge in [0.1, 0.15) is 35.6 Å². The number of hydrogen-bond acceptors (Lipinski definition) is 14. The number of esters is 3. The molecule has 3 saturated carbocycles. The Morgan fingerprint density at radius 3 is 2.10 bits per heavy atom. The molecule has 0 aromatic heterocycles. The van der Waals surface area contributed by atoms with E-state index in [0.717, 1.165) is 6.92 Å². The number of nitrogens with one attached hydrogen (secondary N) is 1. The van der Waals surface area contributed by atoms with Gasteiger partial charge < -0.3 is 49.4 Å². The summed E-state index contributed by atoms with van der Waals surface area (Å²) in [6.45, 7) is 12.1. The van der Waals surface area contributed by atoms with Crippen LogP contribution in [-0.4, -0.2) is 110 Å². The highest BCUT2D eigenvalue weighted by Crippen LogP contribution is 2.65. The van der Waals surface area contributed by atoms with Gasteiger partial charge in [-0.15, -0.1) is 0 Å². The summed E-state index contributed by atoms with van der Waals surface area (Å²) >= 11 is 0. The van der Waals surface area contributed by atoms with Gasteiger partial charge in [0.25, 0.3) is 0 Å². The van der Waals surface area contributed by atoms with Crippen LogP contribution in [0.25, 0.3) is 0 Å². The van der Waals surface area contributed by atoms with Gasteiger partial charge in [0.15, 0.2) is 17.5 Å². The second-order valence-electron chi connectivity index (χ2n) is 18.1. The molecule has 2 aromatic carbocycles. The molecule has 58 heavy (non-hydrogen) atoms. The van der Waals surface area contributed by atoms with Crippen LogP contribution in [0.5, 0.6) is 0 Å². The zero-order valence-electron chi connectivity index (χ0n) is 34.0. The number of ketones is 1. The van der Waals surface area contributed by atoms with E-state index < -0.39 is 124 Å². The number of Topliss-reactive ketones (excluding diaryl/α,β-unsaturated/α-hetero) is 1. The highest BCUT2D eigenvalue weighted by atomic mass is 16.6. The number of rotatable bonds is 8. The topological polar surface area (TPSA) is 224 Å². The third kappa shape index (κ3) is 7.18. The number of ether oxygens (including phenoxy) is 5. The van der Waals surface area contributed by atoms with Crippen molar-refractivity contribution in [2.45, 2.75) is 128 Å². The lowest BCUT2D eigenvalue weighted by Gasteiger charge is -2.68. The molecular weight excluding hydrogens is 754 g/mol. The molecule has 4 aliphatic rings. The molecule has 1 saturated heterocycles. The van der Waals surface area contributed by atoms with Gasteiger partial charge in [0.05, 0.1) is 35.6 Å². The van der Waals surface area contributed by atoms with E-state index in [-0.39, 0.29) is 18.6 Å². The molecule has 0 spiro atoms. The molecule has 1 aliphatic heterocycles. The standard InChI is InChI=1S/C43H55NO14/c1-22-26(55-37(51)32(48)30(24-15-11-9-12-16-24)44-38(52)58-39(3,4)5)20-43(53)35(56-36(50)25-17-13-10-14-18-25)33-41(8,34(49)31(47)29(22)40(43,6)7)27(46)19-28-42(33,21-54-28)57-23(2)45/h9-18,22,26-33,35,46-48,53H,19-21H2,1-8H3,(H,44,52)/t22?,26-,27-,28+,29?,30-,31+,32+,33-,35-,41+,42-,43+/m0/s1. The number of amides is 1. The molecule has 1 heterocycles. The van der Waals surface area contributed by atoms with Crippen molar-refractivity contribution in [3.05, 3.63) is 71.8 Å². The van der Waals surface area contributed by atoms with Crippen molar-refractivity contribution in [1.29, 1.82) is 0 Å². The molecule has 6 rings (SSSR count). The number of aliphatic hydroxyl groups excluding tert-OH is 3. The molecule has 2 bridgehead atoms. The Morgan fingerprint density at radius 2 is 1.55 bits per heavy atom. The molecule has 5 N–H and O–H groups in total. The van der Waals surface area contributed by atoms with Crippen LogP contribution in [0, 0.1) is 28.6 Å². The zero-order valence-corrected chi connectivity index (χ0v) is 34.0. The second-order valence-corrected chi connectivity index (χ2v) is 18.1. The van der Waals surface area contributed by atoms with Crippen molar-refractivity contribution in [1.82, 2.24) is 5.32 Å². The van der Waals surface area contributed by atoms with E-state index in [9.17, 15) is 44.4 Å². The number of carbonyl (C=O) groups is 5. The van der Waals surface area contributed by atoms with Crippen LogP contribution in [-0.2, 0) is 38.1 Å². The van der Waals surface area contributed by atoms with Crippen LogP contribution in [0.3, 0.4) is 0 Å². The van der Waals surface area contributed by atoms with Gasteiger partial charge in [0.2, 0.25) is 0 Å². The van der Waals surface area contributed by atoms with Crippen molar-refractivity contribution in [3.8, 4) is 0 Å². The van der Waals surface area contributed by atoms with E-state index in [1.54, 1.807) is 90.1 Å². The summed E-state index contributed by atoms with van der Waals surface area (Å²) in [6.07, 6.45) is -11.1. The fourth-order valence-corrected chi connectivity index (χ4v) is 10.1. The van der Waals surface area contributed by atoms with Crippen LogP contribution < -0.4 is 5.32 Å². The number of carbonyl (C=O) groups excluding carboxylic acids is 5. The summed E-state index contributed by atoms with van der Waals surface area (Å²) in [6, 6.07) is 14.7. The van der Waals surface area contributed by atoms with Gasteiger partial charge >= 0.3 is 24.0 Å². The summed E-state index contributed by atoms with van der Waals surface area (Å²) in [5.74, 6) is -7.33. The smallest absolute Gasteiger partial charge is 0.408 e. The molecule has 0 radical (unpaired) electrons. The van der Waals surface area contributed by atoms with Crippen LogP contribution in [0.1, 0.15) is 90.2 Å².